The standard InChI is InChI=1S/C16H22N2O3/c1-10(2)21-14-6-4-12(5-7-14)11(3)18-16(20)13-8-15(19)17-9-13/h4-7,10-11,13H,8-9H2,1-3H3,(H,17,19)(H,18,20). The van der Waals surface area contributed by atoms with Crippen LogP contribution in [0.15, 0.2) is 24.3 Å². The number of ether oxygens (including phenoxy) is 1. The summed E-state index contributed by atoms with van der Waals surface area (Å²) in [6, 6.07) is 7.60. The molecule has 0 spiro atoms. The molecule has 0 aliphatic carbocycles. The van der Waals surface area contributed by atoms with Gasteiger partial charge in [-0.25, -0.2) is 0 Å². The Kier molecular flexibility index (Phi) is 4.83. The second-order valence-corrected chi connectivity index (χ2v) is 5.67. The molecule has 2 amide bonds. The van der Waals surface area contributed by atoms with Gasteiger partial charge in [0.1, 0.15) is 5.75 Å². The third kappa shape index (κ3) is 4.21. The molecule has 1 aromatic carbocycles. The summed E-state index contributed by atoms with van der Waals surface area (Å²) in [4.78, 5) is 23.2. The lowest BCUT2D eigenvalue weighted by Crippen LogP contribution is -2.33. The summed E-state index contributed by atoms with van der Waals surface area (Å²) in [6.45, 7) is 6.32. The Labute approximate surface area is 125 Å². The molecule has 0 bridgehead atoms. The van der Waals surface area contributed by atoms with E-state index in [-0.39, 0.29) is 36.3 Å². The topological polar surface area (TPSA) is 67.4 Å². The second-order valence-electron chi connectivity index (χ2n) is 5.67. The van der Waals surface area contributed by atoms with Gasteiger partial charge < -0.3 is 15.4 Å². The Hall–Kier alpha value is -2.04. The maximum Gasteiger partial charge on any atom is 0.225 e. The van der Waals surface area contributed by atoms with E-state index < -0.39 is 0 Å². The molecular weight excluding hydrogens is 268 g/mol. The predicted octanol–water partition coefficient (Wildman–Crippen LogP) is 1.79. The SMILES string of the molecule is CC(C)Oc1ccc(C(C)NC(=O)C2CNC(=O)C2)cc1. The number of hydrogen-bond acceptors (Lipinski definition) is 3. The highest BCUT2D eigenvalue weighted by Crippen LogP contribution is 2.19. The van der Waals surface area contributed by atoms with Crippen molar-refractivity contribution in [3.05, 3.63) is 29.8 Å². The zero-order chi connectivity index (χ0) is 15.4. The van der Waals surface area contributed by atoms with Crippen molar-refractivity contribution in [1.29, 1.82) is 0 Å². The van der Waals surface area contributed by atoms with Gasteiger partial charge >= 0.3 is 0 Å². The Bertz CT molecular complexity index is 511. The largest absolute Gasteiger partial charge is 0.491 e. The minimum absolute atomic E-state index is 0.0574. The Morgan fingerprint density at radius 2 is 1.95 bits per heavy atom. The lowest BCUT2D eigenvalue weighted by molar-refractivity contribution is -0.127. The number of amides is 2. The average Bonchev–Trinajstić information content (AvgIpc) is 2.85. The molecule has 1 aliphatic rings. The fraction of sp³-hybridized carbons (Fsp3) is 0.500. The molecule has 114 valence electrons. The number of rotatable bonds is 5. The van der Waals surface area contributed by atoms with E-state index in [4.69, 9.17) is 4.74 Å². The van der Waals surface area contributed by atoms with E-state index in [2.05, 4.69) is 10.6 Å². The van der Waals surface area contributed by atoms with Crippen molar-refractivity contribution < 1.29 is 14.3 Å². The van der Waals surface area contributed by atoms with E-state index in [1.54, 1.807) is 0 Å². The molecule has 1 saturated heterocycles. The summed E-state index contributed by atoms with van der Waals surface area (Å²) < 4.78 is 5.59. The number of benzene rings is 1. The van der Waals surface area contributed by atoms with Crippen molar-refractivity contribution in [2.75, 3.05) is 6.54 Å². The highest BCUT2D eigenvalue weighted by molar-refractivity contribution is 5.89. The van der Waals surface area contributed by atoms with Gasteiger partial charge in [-0.15, -0.1) is 0 Å². The van der Waals surface area contributed by atoms with Gasteiger partial charge in [-0.1, -0.05) is 12.1 Å². The summed E-state index contributed by atoms with van der Waals surface area (Å²) in [5.74, 6) is 0.419. The van der Waals surface area contributed by atoms with E-state index in [1.165, 1.54) is 0 Å². The first-order chi connectivity index (χ1) is 9.95. The van der Waals surface area contributed by atoms with Crippen molar-refractivity contribution in [2.24, 2.45) is 5.92 Å². The van der Waals surface area contributed by atoms with Crippen LogP contribution in [0.4, 0.5) is 0 Å². The molecule has 5 heteroatoms. The van der Waals surface area contributed by atoms with Crippen LogP contribution in [0.2, 0.25) is 0 Å². The first-order valence-corrected chi connectivity index (χ1v) is 7.29. The highest BCUT2D eigenvalue weighted by Gasteiger charge is 2.28. The van der Waals surface area contributed by atoms with Crippen molar-refractivity contribution in [2.45, 2.75) is 39.3 Å². The van der Waals surface area contributed by atoms with E-state index in [1.807, 2.05) is 45.0 Å². The summed E-state index contributed by atoms with van der Waals surface area (Å²) in [5.41, 5.74) is 1.01. The van der Waals surface area contributed by atoms with Crippen LogP contribution in [0.1, 0.15) is 38.8 Å². The minimum Gasteiger partial charge on any atom is -0.491 e. The molecule has 1 aliphatic heterocycles. The average molecular weight is 290 g/mol. The molecule has 2 N–H and O–H groups in total. The summed E-state index contributed by atoms with van der Waals surface area (Å²) in [7, 11) is 0. The van der Waals surface area contributed by atoms with Crippen LogP contribution in [-0.4, -0.2) is 24.5 Å². The van der Waals surface area contributed by atoms with E-state index in [9.17, 15) is 9.59 Å². The lowest BCUT2D eigenvalue weighted by atomic mass is 10.0. The summed E-state index contributed by atoms with van der Waals surface area (Å²) >= 11 is 0. The van der Waals surface area contributed by atoms with E-state index in [0.29, 0.717) is 6.54 Å². The highest BCUT2D eigenvalue weighted by atomic mass is 16.5. The van der Waals surface area contributed by atoms with Crippen LogP contribution in [0.5, 0.6) is 5.75 Å². The fourth-order valence-electron chi connectivity index (χ4n) is 2.31. The van der Waals surface area contributed by atoms with Crippen LogP contribution in [0, 0.1) is 5.92 Å². The first-order valence-electron chi connectivity index (χ1n) is 7.29. The number of carbonyl (C=O) groups is 2. The van der Waals surface area contributed by atoms with Crippen LogP contribution >= 0.6 is 0 Å². The molecule has 0 aromatic heterocycles. The fourth-order valence-corrected chi connectivity index (χ4v) is 2.31. The molecule has 5 nitrogen and oxygen atoms in total. The van der Waals surface area contributed by atoms with E-state index in [0.717, 1.165) is 11.3 Å². The molecule has 21 heavy (non-hydrogen) atoms. The molecule has 0 saturated carbocycles. The van der Waals surface area contributed by atoms with E-state index >= 15 is 0 Å². The quantitative estimate of drug-likeness (QED) is 0.868. The Morgan fingerprint density at radius 3 is 2.48 bits per heavy atom. The van der Waals surface area contributed by atoms with Gasteiger partial charge in [0.05, 0.1) is 18.1 Å². The smallest absolute Gasteiger partial charge is 0.225 e. The summed E-state index contributed by atoms with van der Waals surface area (Å²) in [5, 5.41) is 5.62. The Morgan fingerprint density at radius 1 is 1.29 bits per heavy atom. The second kappa shape index (κ2) is 6.61. The molecule has 1 heterocycles. The molecule has 0 radical (unpaired) electrons. The minimum atomic E-state index is -0.261. The third-order valence-electron chi connectivity index (χ3n) is 3.46. The van der Waals surface area contributed by atoms with Crippen molar-refractivity contribution in [3.63, 3.8) is 0 Å². The zero-order valence-corrected chi connectivity index (χ0v) is 12.7. The van der Waals surface area contributed by atoms with Crippen molar-refractivity contribution in [3.8, 4) is 5.75 Å². The predicted molar refractivity (Wildman–Crippen MR) is 79.9 cm³/mol. The summed E-state index contributed by atoms with van der Waals surface area (Å²) in [6.07, 6.45) is 0.417. The maximum absolute atomic E-state index is 12.1. The van der Waals surface area contributed by atoms with Crippen molar-refractivity contribution >= 4 is 11.8 Å². The normalized spacial score (nSPS) is 19.2. The molecule has 2 rings (SSSR count). The van der Waals surface area contributed by atoms with Crippen LogP contribution < -0.4 is 15.4 Å². The monoisotopic (exact) mass is 290 g/mol. The van der Waals surface area contributed by atoms with Crippen LogP contribution in [0.3, 0.4) is 0 Å². The van der Waals surface area contributed by atoms with Gasteiger partial charge in [0.15, 0.2) is 0 Å². The van der Waals surface area contributed by atoms with Gasteiger partial charge in [0, 0.05) is 13.0 Å². The van der Waals surface area contributed by atoms with Gasteiger partial charge in [-0.2, -0.15) is 0 Å². The Balaban J connectivity index is 1.92. The van der Waals surface area contributed by atoms with Crippen molar-refractivity contribution in [1.82, 2.24) is 10.6 Å². The van der Waals surface area contributed by atoms with Crippen LogP contribution in [0.25, 0.3) is 0 Å². The molecule has 2 unspecified atom stereocenters. The lowest BCUT2D eigenvalue weighted by Gasteiger charge is -2.17. The van der Waals surface area contributed by atoms with Crippen LogP contribution in [-0.2, 0) is 9.59 Å². The molecule has 1 aromatic rings. The number of nitrogens with one attached hydrogen (secondary N) is 2. The van der Waals surface area contributed by atoms with Gasteiger partial charge in [0.2, 0.25) is 11.8 Å². The van der Waals surface area contributed by atoms with Gasteiger partial charge in [-0.3, -0.25) is 9.59 Å². The maximum atomic E-state index is 12.1. The molecular formula is C16H22N2O3. The third-order valence-corrected chi connectivity index (χ3v) is 3.46. The molecule has 2 atom stereocenters. The number of carbonyl (C=O) groups excluding carboxylic acids is 2. The van der Waals surface area contributed by atoms with Gasteiger partial charge in [0.25, 0.3) is 0 Å². The zero-order valence-electron chi connectivity index (χ0n) is 12.7. The first kappa shape index (κ1) is 15.4. The van der Waals surface area contributed by atoms with Gasteiger partial charge in [-0.05, 0) is 38.5 Å². The molecule has 1 fully saturated rings. The number of hydrogen-bond donors (Lipinski definition) is 2.